The molecule has 21 heavy (non-hydrogen) atoms. The molecule has 0 aromatic heterocycles. The predicted octanol–water partition coefficient (Wildman–Crippen LogP) is 2.60. The van der Waals surface area contributed by atoms with Gasteiger partial charge in [0.25, 0.3) is 0 Å². The van der Waals surface area contributed by atoms with Crippen LogP contribution in [0.2, 0.25) is 0 Å². The Kier molecular flexibility index (Phi) is 7.23. The van der Waals surface area contributed by atoms with Crippen LogP contribution in [-0.4, -0.2) is 30.3 Å². The fraction of sp³-hybridized carbons (Fsp3) is 0.588. The van der Waals surface area contributed by atoms with Crippen LogP contribution in [0.25, 0.3) is 0 Å². The second-order valence-corrected chi connectivity index (χ2v) is 6.00. The van der Waals surface area contributed by atoms with Gasteiger partial charge in [-0.2, -0.15) is 0 Å². The molecule has 1 atom stereocenters. The Morgan fingerprint density at radius 1 is 1.24 bits per heavy atom. The first-order chi connectivity index (χ1) is 9.90. The Bertz CT molecular complexity index is 437. The van der Waals surface area contributed by atoms with E-state index in [4.69, 9.17) is 4.74 Å². The molecule has 1 amide bonds. The van der Waals surface area contributed by atoms with E-state index < -0.39 is 0 Å². The van der Waals surface area contributed by atoms with Crippen LogP contribution in [0.3, 0.4) is 0 Å². The van der Waals surface area contributed by atoms with Gasteiger partial charge in [-0.3, -0.25) is 4.79 Å². The van der Waals surface area contributed by atoms with E-state index in [0.29, 0.717) is 18.9 Å². The zero-order valence-corrected chi connectivity index (χ0v) is 13.5. The smallest absolute Gasteiger partial charge is 0.223 e. The number of ether oxygens (including phenoxy) is 1. The quantitative estimate of drug-likeness (QED) is 0.774. The first-order valence-electron chi connectivity index (χ1n) is 7.52. The van der Waals surface area contributed by atoms with Gasteiger partial charge in [-0.25, -0.2) is 0 Å². The molecule has 4 nitrogen and oxygen atoms in total. The molecule has 1 aromatic rings. The summed E-state index contributed by atoms with van der Waals surface area (Å²) in [6.45, 7) is 8.49. The summed E-state index contributed by atoms with van der Waals surface area (Å²) < 4.78 is 5.61. The van der Waals surface area contributed by atoms with Crippen molar-refractivity contribution in [3.05, 3.63) is 29.3 Å². The fourth-order valence-corrected chi connectivity index (χ4v) is 2.33. The number of hydrogen-bond donors (Lipinski definition) is 2. The average molecular weight is 293 g/mol. The van der Waals surface area contributed by atoms with Gasteiger partial charge >= 0.3 is 0 Å². The summed E-state index contributed by atoms with van der Waals surface area (Å²) in [5.41, 5.74) is 2.29. The van der Waals surface area contributed by atoms with Gasteiger partial charge in [-0.05, 0) is 49.4 Å². The van der Waals surface area contributed by atoms with E-state index in [-0.39, 0.29) is 18.6 Å². The Hall–Kier alpha value is -1.55. The van der Waals surface area contributed by atoms with Crippen molar-refractivity contribution in [1.82, 2.24) is 5.32 Å². The number of hydrogen-bond acceptors (Lipinski definition) is 3. The van der Waals surface area contributed by atoms with Gasteiger partial charge < -0.3 is 15.2 Å². The lowest BCUT2D eigenvalue weighted by atomic mass is 10.0. The lowest BCUT2D eigenvalue weighted by molar-refractivity contribution is -0.122. The summed E-state index contributed by atoms with van der Waals surface area (Å²) in [6, 6.07) is 5.83. The van der Waals surface area contributed by atoms with Crippen molar-refractivity contribution in [2.45, 2.75) is 46.6 Å². The maximum atomic E-state index is 11.8. The molecule has 0 aliphatic rings. The van der Waals surface area contributed by atoms with Crippen molar-refractivity contribution in [3.63, 3.8) is 0 Å². The minimum absolute atomic E-state index is 0.0259. The highest BCUT2D eigenvalue weighted by Gasteiger charge is 2.12. The summed E-state index contributed by atoms with van der Waals surface area (Å²) >= 11 is 0. The molecule has 1 rings (SSSR count). The summed E-state index contributed by atoms with van der Waals surface area (Å²) in [6.07, 6.45) is 1.07. The Balaban J connectivity index is 2.35. The zero-order chi connectivity index (χ0) is 15.8. The molecule has 4 heteroatoms. The molecule has 2 N–H and O–H groups in total. The topological polar surface area (TPSA) is 58.6 Å². The number of benzene rings is 1. The summed E-state index contributed by atoms with van der Waals surface area (Å²) in [5, 5.41) is 12.1. The van der Waals surface area contributed by atoms with E-state index in [2.05, 4.69) is 25.2 Å². The molecular formula is C17H27NO3. The number of aliphatic hydroxyl groups excluding tert-OH is 1. The molecule has 0 saturated carbocycles. The first kappa shape index (κ1) is 17.5. The van der Waals surface area contributed by atoms with Crippen LogP contribution in [0.5, 0.6) is 5.75 Å². The Morgan fingerprint density at radius 2 is 1.86 bits per heavy atom. The first-order valence-corrected chi connectivity index (χ1v) is 7.52. The average Bonchev–Trinajstić information content (AvgIpc) is 2.36. The number of amides is 1. The predicted molar refractivity (Wildman–Crippen MR) is 84.5 cm³/mol. The highest BCUT2D eigenvalue weighted by molar-refractivity contribution is 5.76. The van der Waals surface area contributed by atoms with Gasteiger partial charge in [0.15, 0.2) is 0 Å². The summed E-state index contributed by atoms with van der Waals surface area (Å²) in [5.74, 6) is 1.15. The maximum Gasteiger partial charge on any atom is 0.223 e. The third kappa shape index (κ3) is 7.14. The number of nitrogens with one attached hydrogen (secondary N) is 1. The van der Waals surface area contributed by atoms with Crippen LogP contribution >= 0.6 is 0 Å². The minimum Gasteiger partial charge on any atom is -0.493 e. The fourth-order valence-electron chi connectivity index (χ4n) is 2.33. The van der Waals surface area contributed by atoms with Crippen LogP contribution < -0.4 is 10.1 Å². The number of aliphatic hydroxyl groups is 1. The second kappa shape index (κ2) is 8.67. The molecule has 1 unspecified atom stereocenters. The minimum atomic E-state index is -0.168. The summed E-state index contributed by atoms with van der Waals surface area (Å²) in [7, 11) is 0. The highest BCUT2D eigenvalue weighted by Crippen LogP contribution is 2.16. The third-order valence-corrected chi connectivity index (χ3v) is 3.13. The lowest BCUT2D eigenvalue weighted by Crippen LogP contribution is -2.38. The molecule has 1 aromatic carbocycles. The largest absolute Gasteiger partial charge is 0.493 e. The standard InChI is InChI=1S/C17H27NO3/c1-12(2)7-15(11-19)18-17(20)5-6-21-16-9-13(3)8-14(4)10-16/h8-10,12,15,19H,5-7,11H2,1-4H3,(H,18,20). The van der Waals surface area contributed by atoms with E-state index in [1.165, 1.54) is 0 Å². The number of aryl methyl sites for hydroxylation is 2. The van der Waals surface area contributed by atoms with Crippen LogP contribution in [0.1, 0.15) is 37.8 Å². The molecule has 0 spiro atoms. The maximum absolute atomic E-state index is 11.8. The van der Waals surface area contributed by atoms with Crippen molar-refractivity contribution in [2.75, 3.05) is 13.2 Å². The van der Waals surface area contributed by atoms with Crippen molar-refractivity contribution < 1.29 is 14.6 Å². The Labute approximate surface area is 127 Å². The van der Waals surface area contributed by atoms with Crippen molar-refractivity contribution in [3.8, 4) is 5.75 Å². The molecule has 0 aliphatic carbocycles. The van der Waals surface area contributed by atoms with Crippen LogP contribution in [0.15, 0.2) is 18.2 Å². The van der Waals surface area contributed by atoms with Gasteiger partial charge in [0.05, 0.1) is 25.7 Å². The summed E-state index contributed by atoms with van der Waals surface area (Å²) in [4.78, 5) is 11.8. The van der Waals surface area contributed by atoms with Gasteiger partial charge in [0, 0.05) is 0 Å². The van der Waals surface area contributed by atoms with Gasteiger partial charge in [-0.1, -0.05) is 19.9 Å². The molecule has 0 bridgehead atoms. The van der Waals surface area contributed by atoms with E-state index in [1.54, 1.807) is 0 Å². The van der Waals surface area contributed by atoms with Crippen molar-refractivity contribution in [2.24, 2.45) is 5.92 Å². The van der Waals surface area contributed by atoms with E-state index in [9.17, 15) is 9.90 Å². The molecule has 0 fully saturated rings. The normalized spacial score (nSPS) is 12.3. The van der Waals surface area contributed by atoms with Gasteiger partial charge in [0.1, 0.15) is 5.75 Å². The van der Waals surface area contributed by atoms with Crippen LogP contribution in [0, 0.1) is 19.8 Å². The second-order valence-electron chi connectivity index (χ2n) is 6.00. The number of carbonyl (C=O) groups excluding carboxylic acids is 1. The van der Waals surface area contributed by atoms with E-state index in [1.807, 2.05) is 26.0 Å². The van der Waals surface area contributed by atoms with E-state index >= 15 is 0 Å². The van der Waals surface area contributed by atoms with Crippen molar-refractivity contribution in [1.29, 1.82) is 0 Å². The molecule has 0 saturated heterocycles. The van der Waals surface area contributed by atoms with Gasteiger partial charge in [-0.15, -0.1) is 0 Å². The number of rotatable bonds is 8. The Morgan fingerprint density at radius 3 is 2.38 bits per heavy atom. The molecule has 0 heterocycles. The molecular weight excluding hydrogens is 266 g/mol. The number of carbonyl (C=O) groups is 1. The van der Waals surface area contributed by atoms with Crippen LogP contribution in [0.4, 0.5) is 0 Å². The zero-order valence-electron chi connectivity index (χ0n) is 13.5. The SMILES string of the molecule is Cc1cc(C)cc(OCCC(=O)NC(CO)CC(C)C)c1. The molecule has 118 valence electrons. The highest BCUT2D eigenvalue weighted by atomic mass is 16.5. The molecule has 0 radical (unpaired) electrons. The van der Waals surface area contributed by atoms with Gasteiger partial charge in [0.2, 0.25) is 5.91 Å². The van der Waals surface area contributed by atoms with Crippen LogP contribution in [-0.2, 0) is 4.79 Å². The lowest BCUT2D eigenvalue weighted by Gasteiger charge is -2.18. The van der Waals surface area contributed by atoms with E-state index in [0.717, 1.165) is 23.3 Å². The third-order valence-electron chi connectivity index (χ3n) is 3.13. The van der Waals surface area contributed by atoms with Crippen molar-refractivity contribution >= 4 is 5.91 Å². The molecule has 0 aliphatic heterocycles. The monoisotopic (exact) mass is 293 g/mol.